The molecule has 5 heterocycles. The molecule has 0 saturated carbocycles. The Balaban J connectivity index is 0.857. The minimum atomic E-state index is -0.341. The van der Waals surface area contributed by atoms with Gasteiger partial charge in [0, 0.05) is 66.2 Å². The van der Waals surface area contributed by atoms with Crippen LogP contribution in [0.15, 0.2) is 218 Å². The molecule has 0 fully saturated rings. The molecule has 0 saturated heterocycles. The van der Waals surface area contributed by atoms with Gasteiger partial charge in [-0.1, -0.05) is 133 Å². The molecule has 306 valence electrons. The largest absolute Gasteiger partial charge is 0.551 e. The van der Waals surface area contributed by atoms with Gasteiger partial charge in [0.25, 0.3) is 0 Å². The number of nitrogens with zero attached hydrogens (tertiary/aromatic N) is 3. The monoisotopic (exact) mass is 841 g/mol. The van der Waals surface area contributed by atoms with Crippen molar-refractivity contribution < 1.29 is 9.39 Å². The summed E-state index contributed by atoms with van der Waals surface area (Å²) in [5.74, 6) is 2.48. The number of ether oxygens (including phenoxy) is 1. The summed E-state index contributed by atoms with van der Waals surface area (Å²) in [6, 6.07) is 78.8. The summed E-state index contributed by atoms with van der Waals surface area (Å²) in [5, 5.41) is 7.42. The van der Waals surface area contributed by atoms with Gasteiger partial charge >= 0.3 is 6.92 Å². The van der Waals surface area contributed by atoms with Crippen LogP contribution in [-0.2, 0) is 0 Å². The molecule has 0 amide bonds. The lowest BCUT2D eigenvalue weighted by atomic mass is 9.50. The average Bonchev–Trinajstić information content (AvgIpc) is 4.02. The van der Waals surface area contributed by atoms with E-state index in [0.29, 0.717) is 0 Å². The Morgan fingerprint density at radius 3 is 1.41 bits per heavy atom. The van der Waals surface area contributed by atoms with Crippen LogP contribution in [0, 0.1) is 0 Å². The van der Waals surface area contributed by atoms with E-state index in [1.807, 2.05) is 0 Å². The summed E-state index contributed by atoms with van der Waals surface area (Å²) in [4.78, 5) is 0. The van der Waals surface area contributed by atoms with Gasteiger partial charge in [-0.2, -0.15) is 0 Å². The second-order valence-electron chi connectivity index (χ2n) is 17.6. The fourth-order valence-electron chi connectivity index (χ4n) is 11.2. The minimum absolute atomic E-state index is 0.341. The van der Waals surface area contributed by atoms with Crippen molar-refractivity contribution in [1.82, 2.24) is 13.7 Å². The topological polar surface area (TPSA) is 33.2 Å². The lowest BCUT2D eigenvalue weighted by Gasteiger charge is -2.33. The molecule has 0 atom stereocenters. The Hall–Kier alpha value is -8.74. The molecule has 0 radical (unpaired) electrons. The molecule has 2 aliphatic heterocycles. The predicted octanol–water partition coefficient (Wildman–Crippen LogP) is 13.9. The van der Waals surface area contributed by atoms with Gasteiger partial charge in [-0.25, -0.2) is 0 Å². The van der Waals surface area contributed by atoms with Crippen LogP contribution in [0.3, 0.4) is 0 Å². The quantitative estimate of drug-likeness (QED) is 0.165. The molecule has 0 aliphatic carbocycles. The Bertz CT molecular complexity index is 4090. The second-order valence-corrected chi connectivity index (χ2v) is 17.6. The van der Waals surface area contributed by atoms with Crippen molar-refractivity contribution in [2.24, 2.45) is 0 Å². The highest BCUT2D eigenvalue weighted by Crippen LogP contribution is 2.43. The highest BCUT2D eigenvalue weighted by molar-refractivity contribution is 6.84. The van der Waals surface area contributed by atoms with E-state index < -0.39 is 0 Å². The lowest BCUT2D eigenvalue weighted by molar-refractivity contribution is 0.479. The summed E-state index contributed by atoms with van der Waals surface area (Å²) in [7, 11) is 0. The van der Waals surface area contributed by atoms with E-state index in [0.717, 1.165) is 78.5 Å². The first-order valence-electron chi connectivity index (χ1n) is 22.6. The van der Waals surface area contributed by atoms with Gasteiger partial charge in [-0.3, -0.25) is 0 Å². The van der Waals surface area contributed by atoms with E-state index in [1.165, 1.54) is 54.4 Å². The molecule has 6 heteroatoms. The molecule has 0 bridgehead atoms. The van der Waals surface area contributed by atoms with Gasteiger partial charge in [0.15, 0.2) is 0 Å². The van der Waals surface area contributed by atoms with Crippen LogP contribution in [0.4, 0.5) is 0 Å². The first kappa shape index (κ1) is 35.7. The molecule has 0 unspecified atom stereocenters. The van der Waals surface area contributed by atoms with Crippen LogP contribution in [0.1, 0.15) is 0 Å². The summed E-state index contributed by atoms with van der Waals surface area (Å²) in [6.07, 6.45) is 0. The molecule has 5 nitrogen and oxygen atoms in total. The molecule has 0 spiro atoms. The van der Waals surface area contributed by atoms with E-state index >= 15 is 0 Å². The average molecular weight is 842 g/mol. The van der Waals surface area contributed by atoms with Gasteiger partial charge in [-0.15, -0.1) is 0 Å². The van der Waals surface area contributed by atoms with Crippen LogP contribution < -0.4 is 20.3 Å². The fraction of sp³-hybridized carbons (Fsp3) is 0. The van der Waals surface area contributed by atoms with E-state index in [1.54, 1.807) is 0 Å². The van der Waals surface area contributed by atoms with E-state index in [-0.39, 0.29) is 6.92 Å². The zero-order valence-electron chi connectivity index (χ0n) is 35.5. The molecule has 0 N–H and O–H groups in total. The summed E-state index contributed by atoms with van der Waals surface area (Å²) >= 11 is 0. The van der Waals surface area contributed by atoms with Gasteiger partial charge in [0.1, 0.15) is 17.2 Å². The third kappa shape index (κ3) is 4.95. The SMILES string of the molecule is c1ccc2c(c1)OB1c3cc(-c4ccc(-n5c6ccccc6c6ccccc65)cc4)ccc3Oc3cc(-n4c5ccccc5c5cc(-n6c7ccccc7c7ccccc76)ccc54)cc-2c31. The van der Waals surface area contributed by atoms with Gasteiger partial charge < -0.3 is 23.1 Å². The molecule has 10 aromatic carbocycles. The van der Waals surface area contributed by atoms with Crippen molar-refractivity contribution in [3.8, 4) is 56.6 Å². The standard InChI is InChI=1S/C60H36BN3O2/c1-7-19-51-42(13-1)43-14-2-8-20-52(43)62(51)39-28-25-37(26-29-39)38-27-32-58-50(33-38)61-60-49(47-18-6-12-24-57(47)66-61)35-41(36-59(60)65-58)64-55-23-11-5-17-46(55)48-34-40(30-31-56(48)64)63-53-21-9-3-15-44(53)45-16-4-10-22-54(45)63/h1-36H. The third-order valence-corrected chi connectivity index (χ3v) is 14.1. The maximum absolute atomic E-state index is 7.00. The Morgan fingerprint density at radius 2 is 0.788 bits per heavy atom. The maximum atomic E-state index is 7.00. The molecule has 3 aromatic heterocycles. The predicted molar refractivity (Wildman–Crippen MR) is 272 cm³/mol. The van der Waals surface area contributed by atoms with E-state index in [4.69, 9.17) is 9.39 Å². The van der Waals surface area contributed by atoms with Crippen molar-refractivity contribution >= 4 is 83.3 Å². The van der Waals surface area contributed by atoms with Crippen molar-refractivity contribution in [2.45, 2.75) is 0 Å². The second kappa shape index (κ2) is 13.4. The van der Waals surface area contributed by atoms with Crippen molar-refractivity contribution in [2.75, 3.05) is 0 Å². The molecule has 2 aliphatic rings. The molecular formula is C60H36BN3O2. The summed E-state index contributed by atoms with van der Waals surface area (Å²) in [5.41, 5.74) is 16.9. The third-order valence-electron chi connectivity index (χ3n) is 14.1. The van der Waals surface area contributed by atoms with Gasteiger partial charge in [0.05, 0.1) is 38.8 Å². The number of fused-ring (bicyclic) bond motifs is 13. The number of aromatic nitrogens is 3. The highest BCUT2D eigenvalue weighted by Gasteiger charge is 2.41. The van der Waals surface area contributed by atoms with Crippen LogP contribution >= 0.6 is 0 Å². The lowest BCUT2D eigenvalue weighted by Crippen LogP contribution is -2.53. The Kier molecular flexibility index (Phi) is 7.24. The molecule has 13 aromatic rings. The minimum Gasteiger partial charge on any atom is -0.551 e. The first-order chi connectivity index (χ1) is 32.7. The van der Waals surface area contributed by atoms with Gasteiger partial charge in [0.2, 0.25) is 0 Å². The van der Waals surface area contributed by atoms with E-state index in [2.05, 4.69) is 232 Å². The van der Waals surface area contributed by atoms with Crippen molar-refractivity contribution in [3.63, 3.8) is 0 Å². The normalized spacial score (nSPS) is 12.8. The maximum Gasteiger partial charge on any atom is 0.434 e. The fourth-order valence-corrected chi connectivity index (χ4v) is 11.2. The smallest absolute Gasteiger partial charge is 0.434 e. The zero-order valence-corrected chi connectivity index (χ0v) is 35.5. The molecular weight excluding hydrogens is 805 g/mol. The number of hydrogen-bond acceptors (Lipinski definition) is 2. The number of benzene rings is 10. The molecule has 66 heavy (non-hydrogen) atoms. The van der Waals surface area contributed by atoms with E-state index in [9.17, 15) is 0 Å². The van der Waals surface area contributed by atoms with Crippen LogP contribution in [0.5, 0.6) is 17.2 Å². The molecule has 15 rings (SSSR count). The highest BCUT2D eigenvalue weighted by atomic mass is 16.5. The number of rotatable bonds is 4. The Morgan fingerprint density at radius 1 is 0.303 bits per heavy atom. The van der Waals surface area contributed by atoms with Crippen molar-refractivity contribution in [3.05, 3.63) is 218 Å². The Labute approximate surface area is 379 Å². The zero-order chi connectivity index (χ0) is 43.0. The van der Waals surface area contributed by atoms with Gasteiger partial charge in [-0.05, 0) is 95.6 Å². The summed E-state index contributed by atoms with van der Waals surface area (Å²) < 4.78 is 21.1. The van der Waals surface area contributed by atoms with Crippen molar-refractivity contribution in [1.29, 1.82) is 0 Å². The van der Waals surface area contributed by atoms with Crippen LogP contribution in [-0.4, -0.2) is 20.6 Å². The number of para-hydroxylation sites is 6. The van der Waals surface area contributed by atoms with Crippen LogP contribution in [0.25, 0.3) is 105 Å². The number of hydrogen-bond donors (Lipinski definition) is 0. The summed E-state index contributed by atoms with van der Waals surface area (Å²) in [6.45, 7) is -0.341. The van der Waals surface area contributed by atoms with Crippen LogP contribution in [0.2, 0.25) is 0 Å². The first-order valence-corrected chi connectivity index (χ1v) is 22.6.